The Morgan fingerprint density at radius 3 is 2.15 bits per heavy atom. The zero-order valence-corrected chi connectivity index (χ0v) is 15.1. The van der Waals surface area contributed by atoms with Crippen molar-refractivity contribution in [1.82, 2.24) is 5.32 Å². The molecule has 0 radical (unpaired) electrons. The molecule has 6 heteroatoms. The fraction of sp³-hybridized carbons (Fsp3) is 0.300. The van der Waals surface area contributed by atoms with Crippen molar-refractivity contribution in [3.8, 4) is 11.1 Å². The van der Waals surface area contributed by atoms with Gasteiger partial charge in [-0.25, -0.2) is 9.59 Å². The van der Waals surface area contributed by atoms with Crippen molar-refractivity contribution in [2.75, 3.05) is 12.5 Å². The van der Waals surface area contributed by atoms with Gasteiger partial charge < -0.3 is 15.2 Å². The van der Waals surface area contributed by atoms with Crippen LogP contribution < -0.4 is 5.32 Å². The van der Waals surface area contributed by atoms with Gasteiger partial charge in [0.2, 0.25) is 0 Å². The molecule has 0 saturated carbocycles. The highest BCUT2D eigenvalue weighted by atomic mass is 35.5. The Labute approximate surface area is 156 Å². The number of hydrogen-bond acceptors (Lipinski definition) is 3. The number of alkyl halides is 1. The number of amides is 1. The second kappa shape index (κ2) is 7.38. The smallest absolute Gasteiger partial charge is 0.408 e. The van der Waals surface area contributed by atoms with E-state index in [0.717, 1.165) is 22.3 Å². The molecular formula is C20H20ClNO4. The van der Waals surface area contributed by atoms with Crippen molar-refractivity contribution in [2.45, 2.75) is 24.8 Å². The Kier molecular flexibility index (Phi) is 5.18. The third-order valence-electron chi connectivity index (χ3n) is 4.79. The first kappa shape index (κ1) is 18.3. The number of fused-ring (bicyclic) bond motifs is 3. The first-order chi connectivity index (χ1) is 12.5. The molecule has 2 N–H and O–H groups in total. The van der Waals surface area contributed by atoms with Crippen LogP contribution in [0.5, 0.6) is 0 Å². The van der Waals surface area contributed by atoms with Gasteiger partial charge in [-0.2, -0.15) is 0 Å². The Hall–Kier alpha value is -2.53. The Balaban J connectivity index is 1.74. The summed E-state index contributed by atoms with van der Waals surface area (Å²) in [4.78, 5) is 23.6. The maximum Gasteiger partial charge on any atom is 0.408 e. The molecular weight excluding hydrogens is 354 g/mol. The highest BCUT2D eigenvalue weighted by Gasteiger charge is 2.35. The number of ether oxygens (including phenoxy) is 1. The third kappa shape index (κ3) is 3.40. The van der Waals surface area contributed by atoms with Gasteiger partial charge in [0.05, 0.1) is 0 Å². The summed E-state index contributed by atoms with van der Waals surface area (Å²) in [5.41, 5.74) is 3.01. The van der Waals surface area contributed by atoms with Gasteiger partial charge in [-0.05, 0) is 35.6 Å². The standard InChI is InChI=1S/C20H20ClNO4/c1-20(10-11-21,18(23)24)22-19(25)26-12-17-15-8-4-2-6-13(15)14-7-3-5-9-16(14)17/h2-9,17H,10-12H2,1H3,(H,22,25)(H,23,24). The largest absolute Gasteiger partial charge is 0.480 e. The predicted molar refractivity (Wildman–Crippen MR) is 99.6 cm³/mol. The second-order valence-electron chi connectivity index (χ2n) is 6.53. The van der Waals surface area contributed by atoms with Crippen LogP contribution in [0.4, 0.5) is 4.79 Å². The summed E-state index contributed by atoms with van der Waals surface area (Å²) in [5, 5.41) is 11.7. The van der Waals surface area contributed by atoms with Gasteiger partial charge in [0.1, 0.15) is 12.1 Å². The Bertz CT molecular complexity index is 793. The monoisotopic (exact) mass is 373 g/mol. The number of halogens is 1. The quantitative estimate of drug-likeness (QED) is 0.750. The van der Waals surface area contributed by atoms with Crippen LogP contribution in [0.15, 0.2) is 48.5 Å². The summed E-state index contributed by atoms with van der Waals surface area (Å²) in [6.07, 6.45) is -0.657. The lowest BCUT2D eigenvalue weighted by Gasteiger charge is -2.25. The van der Waals surface area contributed by atoms with Crippen LogP contribution in [0, 0.1) is 0 Å². The van der Waals surface area contributed by atoms with Crippen LogP contribution in [0.25, 0.3) is 11.1 Å². The van der Waals surface area contributed by atoms with Crippen molar-refractivity contribution in [2.24, 2.45) is 0 Å². The fourth-order valence-corrected chi connectivity index (χ4v) is 3.65. The summed E-state index contributed by atoms with van der Waals surface area (Å²) in [6, 6.07) is 16.0. The molecule has 0 bridgehead atoms. The van der Waals surface area contributed by atoms with E-state index in [1.807, 2.05) is 36.4 Å². The average Bonchev–Trinajstić information content (AvgIpc) is 2.94. The summed E-state index contributed by atoms with van der Waals surface area (Å²) >= 11 is 5.65. The molecule has 26 heavy (non-hydrogen) atoms. The fourth-order valence-electron chi connectivity index (χ4n) is 3.27. The first-order valence-corrected chi connectivity index (χ1v) is 8.92. The summed E-state index contributed by atoms with van der Waals surface area (Å²) < 4.78 is 5.38. The van der Waals surface area contributed by atoms with Gasteiger partial charge in [0.25, 0.3) is 0 Å². The van der Waals surface area contributed by atoms with E-state index in [1.165, 1.54) is 6.92 Å². The lowest BCUT2D eigenvalue weighted by atomic mass is 9.98. The molecule has 3 rings (SSSR count). The minimum Gasteiger partial charge on any atom is -0.480 e. The first-order valence-electron chi connectivity index (χ1n) is 8.39. The van der Waals surface area contributed by atoms with Crippen LogP contribution in [0.2, 0.25) is 0 Å². The number of hydrogen-bond donors (Lipinski definition) is 2. The van der Waals surface area contributed by atoms with E-state index in [-0.39, 0.29) is 24.8 Å². The molecule has 1 aliphatic carbocycles. The van der Waals surface area contributed by atoms with Crippen molar-refractivity contribution in [1.29, 1.82) is 0 Å². The van der Waals surface area contributed by atoms with E-state index >= 15 is 0 Å². The molecule has 1 aliphatic rings. The number of nitrogens with one attached hydrogen (secondary N) is 1. The molecule has 0 aromatic heterocycles. The highest BCUT2D eigenvalue weighted by Crippen LogP contribution is 2.44. The molecule has 2 aromatic rings. The molecule has 0 fully saturated rings. The average molecular weight is 374 g/mol. The van der Waals surface area contributed by atoms with E-state index in [4.69, 9.17) is 16.3 Å². The van der Waals surface area contributed by atoms with E-state index in [2.05, 4.69) is 17.4 Å². The number of carbonyl (C=O) groups excluding carboxylic acids is 1. The van der Waals surface area contributed by atoms with Crippen LogP contribution in [-0.2, 0) is 9.53 Å². The third-order valence-corrected chi connectivity index (χ3v) is 4.98. The number of carbonyl (C=O) groups is 2. The Morgan fingerprint density at radius 2 is 1.65 bits per heavy atom. The molecule has 1 amide bonds. The maximum absolute atomic E-state index is 12.2. The molecule has 0 saturated heterocycles. The number of carboxylic acids is 1. The van der Waals surface area contributed by atoms with E-state index in [0.29, 0.717) is 0 Å². The van der Waals surface area contributed by atoms with E-state index in [1.54, 1.807) is 0 Å². The molecule has 0 aliphatic heterocycles. The molecule has 0 spiro atoms. The molecule has 0 heterocycles. The van der Waals surface area contributed by atoms with Gasteiger partial charge in [-0.15, -0.1) is 11.6 Å². The predicted octanol–water partition coefficient (Wildman–Crippen LogP) is 4.00. The number of alkyl carbamates (subject to hydrolysis) is 1. The normalized spacial score (nSPS) is 14.8. The van der Waals surface area contributed by atoms with Crippen LogP contribution in [0.1, 0.15) is 30.4 Å². The second-order valence-corrected chi connectivity index (χ2v) is 6.90. The Morgan fingerprint density at radius 1 is 1.12 bits per heavy atom. The van der Waals surface area contributed by atoms with Gasteiger partial charge >= 0.3 is 12.1 Å². The summed E-state index contributed by atoms with van der Waals surface area (Å²) in [6.45, 7) is 1.55. The van der Waals surface area contributed by atoms with E-state index < -0.39 is 17.6 Å². The SMILES string of the molecule is CC(CCCl)(NC(=O)OCC1c2ccccc2-c2ccccc21)C(=O)O. The van der Waals surface area contributed by atoms with Gasteiger partial charge in [-0.3, -0.25) is 0 Å². The van der Waals surface area contributed by atoms with Crippen LogP contribution >= 0.6 is 11.6 Å². The van der Waals surface area contributed by atoms with Gasteiger partial charge in [0.15, 0.2) is 0 Å². The number of rotatable bonds is 6. The van der Waals surface area contributed by atoms with Crippen LogP contribution in [0.3, 0.4) is 0 Å². The van der Waals surface area contributed by atoms with Crippen molar-refractivity contribution >= 4 is 23.7 Å². The van der Waals surface area contributed by atoms with Crippen molar-refractivity contribution in [3.63, 3.8) is 0 Å². The zero-order valence-electron chi connectivity index (χ0n) is 14.4. The van der Waals surface area contributed by atoms with Crippen molar-refractivity contribution in [3.05, 3.63) is 59.7 Å². The van der Waals surface area contributed by atoms with Gasteiger partial charge in [0, 0.05) is 11.8 Å². The highest BCUT2D eigenvalue weighted by molar-refractivity contribution is 6.18. The van der Waals surface area contributed by atoms with E-state index in [9.17, 15) is 14.7 Å². The van der Waals surface area contributed by atoms with Crippen molar-refractivity contribution < 1.29 is 19.4 Å². The molecule has 136 valence electrons. The lowest BCUT2D eigenvalue weighted by molar-refractivity contribution is -0.144. The summed E-state index contributed by atoms with van der Waals surface area (Å²) in [5.74, 6) is -1.10. The lowest BCUT2D eigenvalue weighted by Crippen LogP contribution is -2.52. The number of aliphatic carboxylic acids is 1. The number of benzene rings is 2. The minimum absolute atomic E-state index is 0.0720. The minimum atomic E-state index is -1.45. The zero-order chi connectivity index (χ0) is 18.7. The van der Waals surface area contributed by atoms with Gasteiger partial charge in [-0.1, -0.05) is 48.5 Å². The topological polar surface area (TPSA) is 75.6 Å². The molecule has 2 aromatic carbocycles. The summed E-state index contributed by atoms with van der Waals surface area (Å²) in [7, 11) is 0. The molecule has 1 unspecified atom stereocenters. The number of carboxylic acid groups (broad SMARTS) is 1. The maximum atomic E-state index is 12.2. The van der Waals surface area contributed by atoms with Crippen LogP contribution in [-0.4, -0.2) is 35.2 Å². The molecule has 5 nitrogen and oxygen atoms in total. The molecule has 1 atom stereocenters.